The zero-order valence-electron chi connectivity index (χ0n) is 24.6. The van der Waals surface area contributed by atoms with Crippen LogP contribution >= 0.6 is 0 Å². The lowest BCUT2D eigenvalue weighted by Gasteiger charge is -2.68. The average molecular weight is 499 g/mol. The van der Waals surface area contributed by atoms with Crippen LogP contribution in [0.2, 0.25) is 0 Å². The van der Waals surface area contributed by atoms with Gasteiger partial charge >= 0.3 is 0 Å². The number of hydrogen-bond donors (Lipinski definition) is 1. The minimum atomic E-state index is -0.354. The number of aliphatic hydroxyl groups excluding tert-OH is 1. The van der Waals surface area contributed by atoms with Gasteiger partial charge in [-0.25, -0.2) is 0 Å². The highest BCUT2D eigenvalue weighted by molar-refractivity contribution is 6.15. The molecule has 2 nitrogen and oxygen atoms in total. The summed E-state index contributed by atoms with van der Waals surface area (Å²) < 4.78 is 0. The van der Waals surface area contributed by atoms with Crippen LogP contribution in [0.15, 0.2) is 53.6 Å². The van der Waals surface area contributed by atoms with Crippen molar-refractivity contribution in [2.24, 2.45) is 34.0 Å². The molecule has 2 aromatic carbocycles. The van der Waals surface area contributed by atoms with Crippen LogP contribution in [0.1, 0.15) is 96.6 Å². The molecule has 5 rings (SSSR count). The zero-order chi connectivity index (χ0) is 27.3. The van der Waals surface area contributed by atoms with Crippen molar-refractivity contribution in [2.45, 2.75) is 93.6 Å². The third kappa shape index (κ3) is 3.17. The molecule has 2 aromatic rings. The van der Waals surface area contributed by atoms with E-state index < -0.39 is 0 Å². The SMILES string of the molecule is CC1=C2C(=O)c3c(C)ccc(-c4ccccc4)c3C(C)(C)C2(C)CC2(C)CC(C)C(C(C)O)C(C)C12C. The van der Waals surface area contributed by atoms with Crippen molar-refractivity contribution < 1.29 is 9.90 Å². The standard InChI is InChI=1S/C35H46O2/c1-20-16-17-26(25-14-12-11-13-15-25)30-28(20)31(37)29-23(4)35(10)22(3)27(24(5)36)21(2)18-33(35,8)19-34(29,9)32(30,6)7/h11-17,21-22,24,27,36H,18-19H2,1-10H3. The first-order valence-electron chi connectivity index (χ1n) is 14.3. The second-order valence-electron chi connectivity index (χ2n) is 14.1. The maximum atomic E-state index is 14.8. The molecule has 0 spiro atoms. The summed E-state index contributed by atoms with van der Waals surface area (Å²) in [5.74, 6) is 1.17. The van der Waals surface area contributed by atoms with Gasteiger partial charge in [-0.3, -0.25) is 4.79 Å². The van der Waals surface area contributed by atoms with E-state index in [1.807, 2.05) is 6.92 Å². The van der Waals surface area contributed by atoms with Crippen molar-refractivity contribution in [3.63, 3.8) is 0 Å². The monoisotopic (exact) mass is 498 g/mol. The molecule has 0 heterocycles. The van der Waals surface area contributed by atoms with E-state index >= 15 is 0 Å². The van der Waals surface area contributed by atoms with Gasteiger partial charge in [-0.05, 0) is 84.5 Å². The van der Waals surface area contributed by atoms with Gasteiger partial charge in [-0.2, -0.15) is 0 Å². The lowest BCUT2D eigenvalue weighted by Crippen LogP contribution is -2.62. The van der Waals surface area contributed by atoms with Crippen LogP contribution in [0.3, 0.4) is 0 Å². The molecule has 3 aliphatic rings. The van der Waals surface area contributed by atoms with Gasteiger partial charge in [-0.1, -0.05) is 96.5 Å². The molecule has 0 bridgehead atoms. The van der Waals surface area contributed by atoms with E-state index in [-0.39, 0.29) is 45.4 Å². The molecule has 7 unspecified atom stereocenters. The number of fused-ring (bicyclic) bond motifs is 3. The minimum absolute atomic E-state index is 0.0331. The van der Waals surface area contributed by atoms with Gasteiger partial charge < -0.3 is 5.11 Å². The third-order valence-electron chi connectivity index (χ3n) is 12.1. The molecular weight excluding hydrogens is 452 g/mol. The first kappa shape index (κ1) is 26.4. The van der Waals surface area contributed by atoms with Gasteiger partial charge in [0.05, 0.1) is 6.10 Å². The molecule has 7 atom stereocenters. The number of carbonyl (C=O) groups is 1. The molecule has 0 amide bonds. The molecule has 1 fully saturated rings. The summed E-state index contributed by atoms with van der Waals surface area (Å²) in [6.07, 6.45) is 1.69. The molecule has 0 aromatic heterocycles. The topological polar surface area (TPSA) is 37.3 Å². The summed E-state index contributed by atoms with van der Waals surface area (Å²) in [5, 5.41) is 10.8. The second-order valence-corrected chi connectivity index (χ2v) is 14.1. The second kappa shape index (κ2) is 8.15. The van der Waals surface area contributed by atoms with Crippen molar-refractivity contribution >= 4 is 5.78 Å². The molecule has 0 radical (unpaired) electrons. The molecule has 1 saturated carbocycles. The van der Waals surface area contributed by atoms with Crippen LogP contribution in [0.5, 0.6) is 0 Å². The van der Waals surface area contributed by atoms with Crippen molar-refractivity contribution in [1.82, 2.24) is 0 Å². The predicted molar refractivity (Wildman–Crippen MR) is 154 cm³/mol. The quantitative estimate of drug-likeness (QED) is 0.450. The third-order valence-corrected chi connectivity index (χ3v) is 12.1. The number of ketones is 1. The van der Waals surface area contributed by atoms with E-state index in [9.17, 15) is 9.90 Å². The molecule has 3 aliphatic carbocycles. The van der Waals surface area contributed by atoms with Crippen LogP contribution in [0.4, 0.5) is 0 Å². The Kier molecular flexibility index (Phi) is 5.82. The average Bonchev–Trinajstić information content (AvgIpc) is 2.80. The Bertz CT molecular complexity index is 1300. The number of rotatable bonds is 2. The van der Waals surface area contributed by atoms with Gasteiger partial charge in [0, 0.05) is 22.0 Å². The van der Waals surface area contributed by atoms with Gasteiger partial charge in [0.2, 0.25) is 0 Å². The van der Waals surface area contributed by atoms with E-state index in [1.165, 1.54) is 22.3 Å². The largest absolute Gasteiger partial charge is 0.393 e. The minimum Gasteiger partial charge on any atom is -0.393 e. The molecule has 0 aliphatic heterocycles. The molecular formula is C35H46O2. The first-order valence-corrected chi connectivity index (χ1v) is 14.3. The van der Waals surface area contributed by atoms with E-state index in [0.717, 1.165) is 29.5 Å². The van der Waals surface area contributed by atoms with Crippen LogP contribution < -0.4 is 0 Å². The Morgan fingerprint density at radius 2 is 1.57 bits per heavy atom. The van der Waals surface area contributed by atoms with E-state index in [1.54, 1.807) is 0 Å². The maximum Gasteiger partial charge on any atom is 0.190 e. The van der Waals surface area contributed by atoms with Gasteiger partial charge in [0.1, 0.15) is 0 Å². The van der Waals surface area contributed by atoms with Crippen molar-refractivity contribution in [1.29, 1.82) is 0 Å². The van der Waals surface area contributed by atoms with Crippen LogP contribution in [0.25, 0.3) is 11.1 Å². The van der Waals surface area contributed by atoms with E-state index in [0.29, 0.717) is 5.92 Å². The zero-order valence-corrected chi connectivity index (χ0v) is 24.6. The fourth-order valence-electron chi connectivity index (χ4n) is 9.83. The number of carbonyl (C=O) groups excluding carboxylic acids is 1. The summed E-state index contributed by atoms with van der Waals surface area (Å²) in [4.78, 5) is 14.8. The summed E-state index contributed by atoms with van der Waals surface area (Å²) in [6.45, 7) is 23.0. The van der Waals surface area contributed by atoms with Crippen molar-refractivity contribution in [2.75, 3.05) is 0 Å². The Balaban J connectivity index is 1.84. The van der Waals surface area contributed by atoms with Crippen LogP contribution in [-0.2, 0) is 5.41 Å². The number of hydrogen-bond acceptors (Lipinski definition) is 2. The van der Waals surface area contributed by atoms with E-state index in [4.69, 9.17) is 0 Å². The van der Waals surface area contributed by atoms with E-state index in [2.05, 4.69) is 105 Å². The number of Topliss-reactive ketones (excluding diaryl/α,β-unsaturated/α-hetero) is 1. The Morgan fingerprint density at radius 1 is 0.946 bits per heavy atom. The maximum absolute atomic E-state index is 14.8. The fourth-order valence-corrected chi connectivity index (χ4v) is 9.83. The Hall–Kier alpha value is -2.19. The lowest BCUT2D eigenvalue weighted by molar-refractivity contribution is -0.130. The number of aryl methyl sites for hydroxylation is 1. The highest BCUT2D eigenvalue weighted by Crippen LogP contribution is 2.73. The van der Waals surface area contributed by atoms with Crippen LogP contribution in [-0.4, -0.2) is 17.0 Å². The predicted octanol–water partition coefficient (Wildman–Crippen LogP) is 8.55. The highest BCUT2D eigenvalue weighted by Gasteiger charge is 2.67. The highest BCUT2D eigenvalue weighted by atomic mass is 16.3. The molecule has 198 valence electrons. The Labute approximate surface area is 224 Å². The smallest absolute Gasteiger partial charge is 0.190 e. The molecule has 1 N–H and O–H groups in total. The summed E-state index contributed by atoms with van der Waals surface area (Å²) in [6, 6.07) is 14.9. The number of allylic oxidation sites excluding steroid dienone is 2. The number of aliphatic hydroxyl groups is 1. The van der Waals surface area contributed by atoms with Crippen LogP contribution in [0, 0.1) is 40.9 Å². The lowest BCUT2D eigenvalue weighted by atomic mass is 9.35. The van der Waals surface area contributed by atoms with Crippen molar-refractivity contribution in [3.8, 4) is 11.1 Å². The normalized spacial score (nSPS) is 37.5. The van der Waals surface area contributed by atoms with Gasteiger partial charge in [0.15, 0.2) is 5.78 Å². The Morgan fingerprint density at radius 3 is 2.16 bits per heavy atom. The van der Waals surface area contributed by atoms with Gasteiger partial charge in [0.25, 0.3) is 0 Å². The first-order chi connectivity index (χ1) is 17.1. The fraction of sp³-hybridized carbons (Fsp3) is 0.571. The number of benzene rings is 2. The summed E-state index contributed by atoms with van der Waals surface area (Å²) in [7, 11) is 0. The van der Waals surface area contributed by atoms with Gasteiger partial charge in [-0.15, -0.1) is 0 Å². The van der Waals surface area contributed by atoms with Crippen molar-refractivity contribution in [3.05, 3.63) is 70.3 Å². The summed E-state index contributed by atoms with van der Waals surface area (Å²) in [5.41, 5.74) is 7.24. The molecule has 2 heteroatoms. The molecule has 37 heavy (non-hydrogen) atoms. The summed E-state index contributed by atoms with van der Waals surface area (Å²) >= 11 is 0. The molecule has 0 saturated heterocycles.